The van der Waals surface area contributed by atoms with E-state index in [-0.39, 0.29) is 17.7 Å². The average Bonchev–Trinajstić information content (AvgIpc) is 3.29. The van der Waals surface area contributed by atoms with Crippen LogP contribution < -0.4 is 5.32 Å². The van der Waals surface area contributed by atoms with Crippen molar-refractivity contribution in [1.29, 1.82) is 0 Å². The molecule has 0 saturated carbocycles. The second kappa shape index (κ2) is 8.89. The quantitative estimate of drug-likeness (QED) is 0.387. The molecule has 2 aromatic carbocycles. The minimum absolute atomic E-state index is 0.214. The van der Waals surface area contributed by atoms with Crippen molar-refractivity contribution < 1.29 is 14.4 Å². The Morgan fingerprint density at radius 2 is 1.67 bits per heavy atom. The molecule has 30 heavy (non-hydrogen) atoms. The maximum Gasteiger partial charge on any atom is 0.261 e. The van der Waals surface area contributed by atoms with Gasteiger partial charge in [0.1, 0.15) is 0 Å². The van der Waals surface area contributed by atoms with E-state index in [2.05, 4.69) is 26.2 Å². The molecule has 2 heterocycles. The number of aryl methyl sites for hydroxylation is 1. The predicted octanol–water partition coefficient (Wildman–Crippen LogP) is 4.78. The number of benzene rings is 2. The smallest absolute Gasteiger partial charge is 0.261 e. The van der Waals surface area contributed by atoms with E-state index >= 15 is 0 Å². The van der Waals surface area contributed by atoms with Crippen molar-refractivity contribution in [2.75, 3.05) is 11.9 Å². The maximum absolute atomic E-state index is 12.4. The lowest BCUT2D eigenvalue weighted by atomic mass is 10.1. The van der Waals surface area contributed by atoms with E-state index in [1.807, 2.05) is 12.1 Å². The number of carbonyl (C=O) groups excluding carboxylic acids is 3. The van der Waals surface area contributed by atoms with E-state index in [1.165, 1.54) is 16.2 Å². The minimum Gasteiger partial charge on any atom is -0.298 e. The largest absolute Gasteiger partial charge is 0.298 e. The van der Waals surface area contributed by atoms with Crippen molar-refractivity contribution in [3.63, 3.8) is 0 Å². The molecule has 0 spiro atoms. The first-order valence-corrected chi connectivity index (χ1v) is 11.1. The van der Waals surface area contributed by atoms with Crippen LogP contribution >= 0.6 is 27.3 Å². The van der Waals surface area contributed by atoms with Crippen LogP contribution in [0.4, 0.5) is 5.13 Å². The van der Waals surface area contributed by atoms with Gasteiger partial charge >= 0.3 is 0 Å². The topological polar surface area (TPSA) is 79.4 Å². The van der Waals surface area contributed by atoms with Crippen LogP contribution in [-0.4, -0.2) is 34.2 Å². The van der Waals surface area contributed by atoms with Gasteiger partial charge < -0.3 is 0 Å². The van der Waals surface area contributed by atoms with Crippen molar-refractivity contribution in [1.82, 2.24) is 9.88 Å². The number of imide groups is 1. The second-order valence-electron chi connectivity index (χ2n) is 6.83. The van der Waals surface area contributed by atoms with Crippen molar-refractivity contribution >= 4 is 50.1 Å². The summed E-state index contributed by atoms with van der Waals surface area (Å²) in [5, 5.41) is 3.36. The van der Waals surface area contributed by atoms with Crippen molar-refractivity contribution in [2.45, 2.75) is 19.3 Å². The SMILES string of the molecule is O=C(Nc1ncc(CCCCN2C(=O)c3ccccc3C2=O)s1)c1ccccc1Br. The Bertz CT molecular complexity index is 1090. The zero-order valence-corrected chi connectivity index (χ0v) is 18.3. The molecular weight excluding hydrogens is 466 g/mol. The highest BCUT2D eigenvalue weighted by Crippen LogP contribution is 2.25. The minimum atomic E-state index is -0.217. The Morgan fingerprint density at radius 1 is 1.00 bits per heavy atom. The summed E-state index contributed by atoms with van der Waals surface area (Å²) < 4.78 is 0.729. The Morgan fingerprint density at radius 3 is 2.37 bits per heavy atom. The molecule has 4 rings (SSSR count). The maximum atomic E-state index is 12.4. The lowest BCUT2D eigenvalue weighted by Crippen LogP contribution is -2.30. The van der Waals surface area contributed by atoms with Gasteiger partial charge in [-0.3, -0.25) is 24.6 Å². The molecule has 0 unspecified atom stereocenters. The van der Waals surface area contributed by atoms with E-state index in [0.29, 0.717) is 34.8 Å². The number of hydrogen-bond acceptors (Lipinski definition) is 5. The zero-order chi connectivity index (χ0) is 21.1. The predicted molar refractivity (Wildman–Crippen MR) is 119 cm³/mol. The highest BCUT2D eigenvalue weighted by atomic mass is 79.9. The fourth-order valence-corrected chi connectivity index (χ4v) is 4.62. The Balaban J connectivity index is 1.27. The lowest BCUT2D eigenvalue weighted by Gasteiger charge is -2.13. The van der Waals surface area contributed by atoms with Gasteiger partial charge in [0.15, 0.2) is 5.13 Å². The third-order valence-corrected chi connectivity index (χ3v) is 6.49. The van der Waals surface area contributed by atoms with Gasteiger partial charge in [-0.25, -0.2) is 4.98 Å². The molecule has 0 bridgehead atoms. The highest BCUT2D eigenvalue weighted by molar-refractivity contribution is 9.10. The number of hydrogen-bond donors (Lipinski definition) is 1. The number of anilines is 1. The fraction of sp³-hybridized carbons (Fsp3) is 0.182. The monoisotopic (exact) mass is 483 g/mol. The van der Waals surface area contributed by atoms with Gasteiger partial charge in [-0.05, 0) is 59.5 Å². The number of nitrogens with one attached hydrogen (secondary N) is 1. The first-order valence-electron chi connectivity index (χ1n) is 9.50. The number of nitrogens with zero attached hydrogens (tertiary/aromatic N) is 2. The van der Waals surface area contributed by atoms with Crippen molar-refractivity contribution in [3.05, 3.63) is 80.8 Å². The third-order valence-electron chi connectivity index (χ3n) is 4.83. The van der Waals surface area contributed by atoms with Crippen LogP contribution in [0.5, 0.6) is 0 Å². The molecule has 1 aliphatic rings. The van der Waals surface area contributed by atoms with Crippen molar-refractivity contribution in [2.24, 2.45) is 0 Å². The molecule has 1 N–H and O–H groups in total. The number of carbonyl (C=O) groups is 3. The van der Waals surface area contributed by atoms with Gasteiger partial charge in [-0.2, -0.15) is 0 Å². The first-order chi connectivity index (χ1) is 14.5. The van der Waals surface area contributed by atoms with Gasteiger partial charge in [-0.1, -0.05) is 24.3 Å². The molecular formula is C22H18BrN3O3S. The molecule has 0 atom stereocenters. The number of thiazole rings is 1. The van der Waals surface area contributed by atoms with Crippen LogP contribution in [0, 0.1) is 0 Å². The standard InChI is InChI=1S/C22H18BrN3O3S/c23-18-11-4-3-10-17(18)19(27)25-22-24-13-14(30-22)7-5-6-12-26-20(28)15-8-1-2-9-16(15)21(26)29/h1-4,8-11,13H,5-7,12H2,(H,24,25,27). The summed E-state index contributed by atoms with van der Waals surface area (Å²) in [5.41, 5.74) is 1.51. The van der Waals surface area contributed by atoms with Gasteiger partial charge in [0.25, 0.3) is 17.7 Å². The Kier molecular flexibility index (Phi) is 6.06. The zero-order valence-electron chi connectivity index (χ0n) is 15.9. The van der Waals surface area contributed by atoms with E-state index in [0.717, 1.165) is 22.2 Å². The molecule has 152 valence electrons. The summed E-state index contributed by atoms with van der Waals surface area (Å²) in [6, 6.07) is 14.1. The number of rotatable bonds is 7. The molecule has 0 saturated heterocycles. The van der Waals surface area contributed by atoms with E-state index in [9.17, 15) is 14.4 Å². The summed E-state index contributed by atoms with van der Waals surface area (Å²) in [6.07, 6.45) is 4.04. The van der Waals surface area contributed by atoms with Crippen molar-refractivity contribution in [3.8, 4) is 0 Å². The number of unbranched alkanes of at least 4 members (excludes halogenated alkanes) is 1. The van der Waals surface area contributed by atoms with Gasteiger partial charge in [0, 0.05) is 22.1 Å². The van der Waals surface area contributed by atoms with E-state index < -0.39 is 0 Å². The molecule has 1 aromatic heterocycles. The Labute approximate surface area is 186 Å². The molecule has 0 fully saturated rings. The number of amides is 3. The van der Waals surface area contributed by atoms with E-state index in [4.69, 9.17) is 0 Å². The highest BCUT2D eigenvalue weighted by Gasteiger charge is 2.34. The Hall–Kier alpha value is -2.84. The van der Waals surface area contributed by atoms with Gasteiger partial charge in [0.05, 0.1) is 16.7 Å². The number of halogens is 1. The van der Waals surface area contributed by atoms with E-state index in [1.54, 1.807) is 42.6 Å². The van der Waals surface area contributed by atoms with Gasteiger partial charge in [-0.15, -0.1) is 11.3 Å². The summed E-state index contributed by atoms with van der Waals surface area (Å²) in [7, 11) is 0. The van der Waals surface area contributed by atoms with Gasteiger partial charge in [0.2, 0.25) is 0 Å². The molecule has 0 aliphatic carbocycles. The van der Waals surface area contributed by atoms with Crippen LogP contribution in [0.25, 0.3) is 0 Å². The summed E-state index contributed by atoms with van der Waals surface area (Å²) in [4.78, 5) is 43.7. The fourth-order valence-electron chi connectivity index (χ4n) is 3.30. The summed E-state index contributed by atoms with van der Waals surface area (Å²) in [5.74, 6) is -0.648. The second-order valence-corrected chi connectivity index (χ2v) is 8.80. The number of fused-ring (bicyclic) bond motifs is 1. The molecule has 0 radical (unpaired) electrons. The molecule has 8 heteroatoms. The first kappa shape index (κ1) is 20.4. The van der Waals surface area contributed by atoms with Crippen LogP contribution in [0.15, 0.2) is 59.2 Å². The summed E-state index contributed by atoms with van der Waals surface area (Å²) >= 11 is 4.80. The average molecular weight is 484 g/mol. The van der Waals surface area contributed by atoms with Crippen LogP contribution in [-0.2, 0) is 6.42 Å². The van der Waals surface area contributed by atoms with Crippen LogP contribution in [0.1, 0.15) is 48.8 Å². The molecule has 3 amide bonds. The normalized spacial score (nSPS) is 12.9. The van der Waals surface area contributed by atoms with Crippen LogP contribution in [0.2, 0.25) is 0 Å². The lowest BCUT2D eigenvalue weighted by molar-refractivity contribution is 0.0651. The third kappa shape index (κ3) is 4.20. The molecule has 3 aromatic rings. The van der Waals surface area contributed by atoms with Crippen LogP contribution in [0.3, 0.4) is 0 Å². The molecule has 6 nitrogen and oxygen atoms in total. The summed E-state index contributed by atoms with van der Waals surface area (Å²) in [6.45, 7) is 0.400. The molecule has 1 aliphatic heterocycles. The number of aromatic nitrogens is 1.